The van der Waals surface area contributed by atoms with Crippen LogP contribution in [0.15, 0.2) is 152 Å². The summed E-state index contributed by atoms with van der Waals surface area (Å²) in [5.74, 6) is -0.660. The lowest BCUT2D eigenvalue weighted by molar-refractivity contribution is 0.0730. The molecule has 0 unspecified atom stereocenters. The third-order valence-corrected chi connectivity index (χ3v) is 8.75. The monoisotopic (exact) mass is 646 g/mol. The van der Waals surface area contributed by atoms with Crippen molar-refractivity contribution in [3.05, 3.63) is 197 Å². The van der Waals surface area contributed by atoms with Crippen molar-refractivity contribution in [3.8, 4) is 0 Å². The summed E-state index contributed by atoms with van der Waals surface area (Å²) in [5.41, 5.74) is 5.54. The number of amides is 2. The summed E-state index contributed by atoms with van der Waals surface area (Å²) in [4.78, 5) is 52.9. The molecule has 0 bridgehead atoms. The van der Waals surface area contributed by atoms with Gasteiger partial charge in [-0.2, -0.15) is 0 Å². The van der Waals surface area contributed by atoms with Gasteiger partial charge in [0.2, 0.25) is 0 Å². The van der Waals surface area contributed by atoms with E-state index >= 15 is 0 Å². The number of hydrogen-bond acceptors (Lipinski definition) is 4. The van der Waals surface area contributed by atoms with Crippen molar-refractivity contribution in [1.82, 2.24) is 19.8 Å². The van der Waals surface area contributed by atoms with Crippen LogP contribution in [-0.2, 0) is 13.0 Å². The van der Waals surface area contributed by atoms with E-state index in [0.717, 1.165) is 22.4 Å². The number of carbonyl (C=O) groups excluding carboxylic acids is 3. The third-order valence-electron chi connectivity index (χ3n) is 8.75. The highest BCUT2D eigenvalue weighted by molar-refractivity contribution is 6.15. The molecule has 7 nitrogen and oxygen atoms in total. The van der Waals surface area contributed by atoms with Gasteiger partial charge in [0, 0.05) is 67.6 Å². The Bertz CT molecular complexity index is 1960. The molecule has 7 heteroatoms. The number of nitrogens with one attached hydrogen (secondary N) is 1. The zero-order chi connectivity index (χ0) is 34.0. The first-order chi connectivity index (χ1) is 24.0. The van der Waals surface area contributed by atoms with Crippen molar-refractivity contribution in [2.24, 2.45) is 0 Å². The van der Waals surface area contributed by atoms with Crippen LogP contribution in [0.4, 0.5) is 0 Å². The predicted molar refractivity (Wildman–Crippen MR) is 191 cm³/mol. The van der Waals surface area contributed by atoms with Crippen LogP contribution in [0.1, 0.15) is 64.9 Å². The number of imidazole rings is 1. The molecule has 1 N–H and O–H groups in total. The van der Waals surface area contributed by atoms with Crippen LogP contribution in [0.5, 0.6) is 0 Å². The first-order valence-electron chi connectivity index (χ1n) is 16.4. The van der Waals surface area contributed by atoms with Crippen molar-refractivity contribution in [3.63, 3.8) is 0 Å². The second-order valence-electron chi connectivity index (χ2n) is 12.0. The summed E-state index contributed by atoms with van der Waals surface area (Å²) < 4.78 is 0. The fourth-order valence-electron chi connectivity index (χ4n) is 6.12. The Morgan fingerprint density at radius 2 is 1.20 bits per heavy atom. The van der Waals surface area contributed by atoms with E-state index in [0.29, 0.717) is 41.8 Å². The van der Waals surface area contributed by atoms with Gasteiger partial charge in [-0.15, -0.1) is 0 Å². The summed E-state index contributed by atoms with van der Waals surface area (Å²) in [7, 11) is 1.82. The molecule has 0 aliphatic heterocycles. The molecule has 6 rings (SSSR count). The molecule has 0 radical (unpaired) electrons. The van der Waals surface area contributed by atoms with E-state index in [4.69, 9.17) is 0 Å². The van der Waals surface area contributed by atoms with E-state index < -0.39 is 0 Å². The van der Waals surface area contributed by atoms with Crippen molar-refractivity contribution in [1.29, 1.82) is 0 Å². The van der Waals surface area contributed by atoms with Gasteiger partial charge in [-0.25, -0.2) is 4.98 Å². The number of rotatable bonds is 13. The molecular weight excluding hydrogens is 608 g/mol. The van der Waals surface area contributed by atoms with Gasteiger partial charge < -0.3 is 14.8 Å². The van der Waals surface area contributed by atoms with Gasteiger partial charge in [0.05, 0.1) is 11.9 Å². The fourth-order valence-corrected chi connectivity index (χ4v) is 6.12. The second-order valence-corrected chi connectivity index (χ2v) is 12.0. The molecule has 6 aromatic rings. The number of hydrogen-bond donors (Lipinski definition) is 1. The van der Waals surface area contributed by atoms with Crippen LogP contribution in [0, 0.1) is 0 Å². The van der Waals surface area contributed by atoms with Crippen LogP contribution in [0.3, 0.4) is 0 Å². The molecule has 0 aliphatic carbocycles. The van der Waals surface area contributed by atoms with Crippen molar-refractivity contribution in [2.45, 2.75) is 18.9 Å². The molecule has 0 saturated carbocycles. The Morgan fingerprint density at radius 1 is 0.653 bits per heavy atom. The number of benzene rings is 5. The smallest absolute Gasteiger partial charge is 0.254 e. The first kappa shape index (κ1) is 32.8. The van der Waals surface area contributed by atoms with Gasteiger partial charge in [-0.1, -0.05) is 127 Å². The topological polar surface area (TPSA) is 86.4 Å². The highest BCUT2D eigenvalue weighted by Gasteiger charge is 2.26. The molecule has 0 fully saturated rings. The Balaban J connectivity index is 1.29. The Morgan fingerprint density at radius 3 is 1.82 bits per heavy atom. The zero-order valence-corrected chi connectivity index (χ0v) is 27.4. The first-order valence-corrected chi connectivity index (χ1v) is 16.4. The zero-order valence-electron chi connectivity index (χ0n) is 27.4. The molecule has 2 amide bonds. The number of aromatic nitrogens is 2. The van der Waals surface area contributed by atoms with Crippen LogP contribution in [0.25, 0.3) is 0 Å². The molecule has 0 aliphatic rings. The summed E-state index contributed by atoms with van der Waals surface area (Å²) in [6.07, 6.45) is 3.86. The maximum atomic E-state index is 14.4. The minimum Gasteiger partial charge on any atom is -0.348 e. The van der Waals surface area contributed by atoms with E-state index in [1.807, 2.05) is 73.8 Å². The van der Waals surface area contributed by atoms with Crippen molar-refractivity contribution >= 4 is 17.6 Å². The van der Waals surface area contributed by atoms with Gasteiger partial charge in [0.1, 0.15) is 0 Å². The fraction of sp³-hybridized carbons (Fsp3) is 0.143. The molecule has 49 heavy (non-hydrogen) atoms. The van der Waals surface area contributed by atoms with Crippen LogP contribution in [-0.4, -0.2) is 57.5 Å². The average molecular weight is 647 g/mol. The van der Waals surface area contributed by atoms with Crippen LogP contribution < -0.4 is 0 Å². The second kappa shape index (κ2) is 15.7. The van der Waals surface area contributed by atoms with E-state index in [1.165, 1.54) is 0 Å². The molecule has 0 saturated heterocycles. The normalized spacial score (nSPS) is 10.9. The number of likely N-dealkylation sites (N-methyl/N-ethyl adjacent to an activating group) is 1. The molecule has 0 spiro atoms. The maximum absolute atomic E-state index is 14.4. The van der Waals surface area contributed by atoms with Gasteiger partial charge in [-0.05, 0) is 28.8 Å². The average Bonchev–Trinajstić information content (AvgIpc) is 3.69. The van der Waals surface area contributed by atoms with Crippen molar-refractivity contribution in [2.75, 3.05) is 20.1 Å². The third kappa shape index (κ3) is 7.91. The highest BCUT2D eigenvalue weighted by Crippen LogP contribution is 2.27. The Hall–Kier alpha value is -6.08. The summed E-state index contributed by atoms with van der Waals surface area (Å²) >= 11 is 0. The lowest BCUT2D eigenvalue weighted by Crippen LogP contribution is -2.36. The number of H-pyrrole nitrogens is 1. The summed E-state index contributed by atoms with van der Waals surface area (Å²) in [6.45, 7) is 0.993. The molecule has 1 heterocycles. The van der Waals surface area contributed by atoms with Crippen LogP contribution >= 0.6 is 0 Å². The van der Waals surface area contributed by atoms with E-state index in [9.17, 15) is 14.4 Å². The minimum atomic E-state index is -0.289. The highest BCUT2D eigenvalue weighted by atomic mass is 16.2. The standard InChI is InChI=1S/C42H38N4O3/c1-45(29-39(31-15-5-2-6-16-31)32-17-7-3-8-18-32)41(48)36-22-12-11-21-34(36)28-46(26-25-35-27-43-30-44-35)42(49)38-24-14-13-23-37(38)40(47)33-19-9-4-10-20-33/h2-24,27,30,39H,25-26,28-29H2,1H3,(H,43,44). The number of carbonyl (C=O) groups is 3. The quantitative estimate of drug-likeness (QED) is 0.132. The molecular formula is C42H38N4O3. The van der Waals surface area contributed by atoms with E-state index in [-0.39, 0.29) is 30.1 Å². The van der Waals surface area contributed by atoms with Crippen molar-refractivity contribution < 1.29 is 14.4 Å². The molecule has 0 atom stereocenters. The number of nitrogens with zero attached hydrogens (tertiary/aromatic N) is 3. The van der Waals surface area contributed by atoms with E-state index in [1.54, 1.807) is 70.9 Å². The summed E-state index contributed by atoms with van der Waals surface area (Å²) in [5, 5.41) is 0. The molecule has 5 aromatic carbocycles. The van der Waals surface area contributed by atoms with Gasteiger partial charge in [-0.3, -0.25) is 14.4 Å². The van der Waals surface area contributed by atoms with Gasteiger partial charge in [0.25, 0.3) is 11.8 Å². The Labute approximate surface area is 286 Å². The van der Waals surface area contributed by atoms with Gasteiger partial charge >= 0.3 is 0 Å². The molecule has 244 valence electrons. The van der Waals surface area contributed by atoms with E-state index in [2.05, 4.69) is 34.2 Å². The number of aromatic amines is 1. The Kier molecular flexibility index (Phi) is 10.5. The lowest BCUT2D eigenvalue weighted by atomic mass is 9.90. The molecule has 1 aromatic heterocycles. The predicted octanol–water partition coefficient (Wildman–Crippen LogP) is 7.43. The number of ketones is 1. The lowest BCUT2D eigenvalue weighted by Gasteiger charge is -2.28. The minimum absolute atomic E-state index is 0.0188. The van der Waals surface area contributed by atoms with Crippen LogP contribution in [0.2, 0.25) is 0 Å². The largest absolute Gasteiger partial charge is 0.348 e. The summed E-state index contributed by atoms with van der Waals surface area (Å²) in [6, 6.07) is 43.7. The maximum Gasteiger partial charge on any atom is 0.254 e. The SMILES string of the molecule is CN(CC(c1ccccc1)c1ccccc1)C(=O)c1ccccc1CN(CCc1cnc[nH]1)C(=O)c1ccccc1C(=O)c1ccccc1. The van der Waals surface area contributed by atoms with Gasteiger partial charge in [0.15, 0.2) is 5.78 Å².